The van der Waals surface area contributed by atoms with Crippen molar-refractivity contribution >= 4 is 34.9 Å². The van der Waals surface area contributed by atoms with Crippen molar-refractivity contribution in [3.63, 3.8) is 0 Å². The second-order valence-electron chi connectivity index (χ2n) is 4.32. The number of ether oxygens (including phenoxy) is 1. The van der Waals surface area contributed by atoms with Gasteiger partial charge in [0, 0.05) is 23.9 Å². The predicted octanol–water partition coefficient (Wildman–Crippen LogP) is 2.72. The molecular formula is C13H13Cl2NO3. The Balaban J connectivity index is 2.49. The van der Waals surface area contributed by atoms with Crippen molar-refractivity contribution in [3.05, 3.63) is 28.3 Å². The highest BCUT2D eigenvalue weighted by Gasteiger charge is 2.27. The van der Waals surface area contributed by atoms with E-state index in [-0.39, 0.29) is 23.6 Å². The Bertz CT molecular complexity index is 531. The molecule has 6 heteroatoms. The summed E-state index contributed by atoms with van der Waals surface area (Å²) in [6.07, 6.45) is 0.640. The molecule has 0 aliphatic carbocycles. The maximum Gasteiger partial charge on any atom is 0.217 e. The Hall–Kier alpha value is -1.26. The molecule has 102 valence electrons. The summed E-state index contributed by atoms with van der Waals surface area (Å²) in [5, 5.41) is 3.25. The first-order chi connectivity index (χ1) is 9.02. The SMILES string of the molecule is CC(=O)NC1CCOc2c(C(=O)CCl)cc(Cl)cc21. The topological polar surface area (TPSA) is 55.4 Å². The van der Waals surface area contributed by atoms with Crippen LogP contribution >= 0.6 is 23.2 Å². The lowest BCUT2D eigenvalue weighted by atomic mass is 9.96. The number of nitrogens with one attached hydrogen (secondary N) is 1. The molecule has 1 unspecified atom stereocenters. The van der Waals surface area contributed by atoms with Crippen LogP contribution in [-0.4, -0.2) is 24.2 Å². The minimum absolute atomic E-state index is 0.136. The van der Waals surface area contributed by atoms with Crippen LogP contribution in [0.2, 0.25) is 5.02 Å². The molecule has 4 nitrogen and oxygen atoms in total. The summed E-state index contributed by atoms with van der Waals surface area (Å²) in [6.45, 7) is 1.88. The number of hydrogen-bond donors (Lipinski definition) is 1. The third-order valence-corrected chi connectivity index (χ3v) is 3.37. The molecule has 1 aliphatic rings. The van der Waals surface area contributed by atoms with Crippen LogP contribution in [0.3, 0.4) is 0 Å². The zero-order valence-corrected chi connectivity index (χ0v) is 11.8. The molecule has 0 spiro atoms. The van der Waals surface area contributed by atoms with E-state index in [1.807, 2.05) is 0 Å². The smallest absolute Gasteiger partial charge is 0.217 e. The van der Waals surface area contributed by atoms with E-state index in [1.54, 1.807) is 12.1 Å². The van der Waals surface area contributed by atoms with E-state index in [9.17, 15) is 9.59 Å². The zero-order chi connectivity index (χ0) is 14.0. The fourth-order valence-electron chi connectivity index (χ4n) is 2.14. The summed E-state index contributed by atoms with van der Waals surface area (Å²) in [4.78, 5) is 23.0. The average Bonchev–Trinajstić information content (AvgIpc) is 2.37. The van der Waals surface area contributed by atoms with Crippen molar-refractivity contribution in [1.29, 1.82) is 0 Å². The van der Waals surface area contributed by atoms with Gasteiger partial charge in [-0.3, -0.25) is 9.59 Å². The number of benzene rings is 1. The number of carbonyl (C=O) groups excluding carboxylic acids is 2. The molecule has 0 fully saturated rings. The highest BCUT2D eigenvalue weighted by molar-refractivity contribution is 6.33. The lowest BCUT2D eigenvalue weighted by Crippen LogP contribution is -2.31. The number of ketones is 1. The van der Waals surface area contributed by atoms with E-state index in [1.165, 1.54) is 6.92 Å². The first-order valence-electron chi connectivity index (χ1n) is 5.85. The van der Waals surface area contributed by atoms with E-state index in [4.69, 9.17) is 27.9 Å². The average molecular weight is 302 g/mol. The Morgan fingerprint density at radius 3 is 2.84 bits per heavy atom. The second-order valence-corrected chi connectivity index (χ2v) is 5.02. The predicted molar refractivity (Wildman–Crippen MR) is 73.2 cm³/mol. The van der Waals surface area contributed by atoms with Gasteiger partial charge < -0.3 is 10.1 Å². The van der Waals surface area contributed by atoms with Crippen LogP contribution in [0.15, 0.2) is 12.1 Å². The first kappa shape index (κ1) is 14.2. The molecule has 1 aromatic rings. The summed E-state index contributed by atoms with van der Waals surface area (Å²) in [5.41, 5.74) is 1.09. The number of rotatable bonds is 3. The number of hydrogen-bond acceptors (Lipinski definition) is 3. The van der Waals surface area contributed by atoms with Crippen molar-refractivity contribution in [2.45, 2.75) is 19.4 Å². The normalized spacial score (nSPS) is 17.3. The van der Waals surface area contributed by atoms with Crippen LogP contribution in [0.5, 0.6) is 5.75 Å². The van der Waals surface area contributed by atoms with Gasteiger partial charge in [0.05, 0.1) is 24.1 Å². The monoisotopic (exact) mass is 301 g/mol. The Labute approximate surface area is 121 Å². The fourth-order valence-corrected chi connectivity index (χ4v) is 2.51. The van der Waals surface area contributed by atoms with E-state index in [0.29, 0.717) is 29.4 Å². The van der Waals surface area contributed by atoms with Gasteiger partial charge in [0.1, 0.15) is 5.75 Å². The molecule has 1 aliphatic heterocycles. The van der Waals surface area contributed by atoms with Gasteiger partial charge in [-0.1, -0.05) is 11.6 Å². The van der Waals surface area contributed by atoms with E-state index in [2.05, 4.69) is 5.32 Å². The second kappa shape index (κ2) is 5.80. The molecule has 0 saturated carbocycles. The van der Waals surface area contributed by atoms with Crippen LogP contribution in [0.25, 0.3) is 0 Å². The number of halogens is 2. The zero-order valence-electron chi connectivity index (χ0n) is 10.3. The highest BCUT2D eigenvalue weighted by atomic mass is 35.5. The minimum atomic E-state index is -0.246. The van der Waals surface area contributed by atoms with Gasteiger partial charge in [-0.2, -0.15) is 0 Å². The summed E-state index contributed by atoms with van der Waals surface area (Å²) >= 11 is 11.6. The van der Waals surface area contributed by atoms with Gasteiger partial charge in [-0.25, -0.2) is 0 Å². The van der Waals surface area contributed by atoms with Crippen LogP contribution in [0.1, 0.15) is 35.3 Å². The highest BCUT2D eigenvalue weighted by Crippen LogP contribution is 2.37. The standard InChI is InChI=1S/C13H13Cl2NO3/c1-7(17)16-11-2-3-19-13-9(11)4-8(15)5-10(13)12(18)6-14/h4-5,11H,2-3,6H2,1H3,(H,16,17). The van der Waals surface area contributed by atoms with Gasteiger partial charge in [0.2, 0.25) is 5.91 Å². The quantitative estimate of drug-likeness (QED) is 0.690. The van der Waals surface area contributed by atoms with E-state index >= 15 is 0 Å². The fraction of sp³-hybridized carbons (Fsp3) is 0.385. The first-order valence-corrected chi connectivity index (χ1v) is 6.76. The molecular weight excluding hydrogens is 289 g/mol. The van der Waals surface area contributed by atoms with E-state index < -0.39 is 0 Å². The number of alkyl halides is 1. The number of Topliss-reactive ketones (excluding diaryl/α,β-unsaturated/α-hetero) is 1. The molecule has 0 saturated heterocycles. The van der Waals surface area contributed by atoms with Gasteiger partial charge in [-0.05, 0) is 12.1 Å². The lowest BCUT2D eigenvalue weighted by molar-refractivity contribution is -0.119. The Kier molecular flexibility index (Phi) is 4.32. The lowest BCUT2D eigenvalue weighted by Gasteiger charge is -2.28. The third kappa shape index (κ3) is 3.01. The third-order valence-electron chi connectivity index (χ3n) is 2.91. The van der Waals surface area contributed by atoms with E-state index in [0.717, 1.165) is 5.56 Å². The number of fused-ring (bicyclic) bond motifs is 1. The molecule has 19 heavy (non-hydrogen) atoms. The maximum absolute atomic E-state index is 11.8. The van der Waals surface area contributed by atoms with Crippen LogP contribution < -0.4 is 10.1 Å². The summed E-state index contributed by atoms with van der Waals surface area (Å²) < 4.78 is 5.55. The molecule has 0 radical (unpaired) electrons. The van der Waals surface area contributed by atoms with Crippen LogP contribution in [-0.2, 0) is 4.79 Å². The molecule has 1 N–H and O–H groups in total. The summed E-state index contributed by atoms with van der Waals surface area (Å²) in [7, 11) is 0. The molecule has 1 heterocycles. The van der Waals surface area contributed by atoms with Crippen molar-refractivity contribution < 1.29 is 14.3 Å². The van der Waals surface area contributed by atoms with Crippen molar-refractivity contribution in [2.75, 3.05) is 12.5 Å². The maximum atomic E-state index is 11.8. The molecule has 1 aromatic carbocycles. The molecule has 1 amide bonds. The molecule has 0 aromatic heterocycles. The Morgan fingerprint density at radius 2 is 2.21 bits per heavy atom. The van der Waals surface area contributed by atoms with Crippen molar-refractivity contribution in [3.8, 4) is 5.75 Å². The van der Waals surface area contributed by atoms with Gasteiger partial charge in [-0.15, -0.1) is 11.6 Å². The minimum Gasteiger partial charge on any atom is -0.492 e. The van der Waals surface area contributed by atoms with Gasteiger partial charge in [0.15, 0.2) is 5.78 Å². The number of carbonyl (C=O) groups is 2. The molecule has 2 rings (SSSR count). The molecule has 0 bridgehead atoms. The van der Waals surface area contributed by atoms with Crippen LogP contribution in [0.4, 0.5) is 0 Å². The summed E-state index contributed by atoms with van der Waals surface area (Å²) in [5.74, 6) is -0.0481. The Morgan fingerprint density at radius 1 is 1.47 bits per heavy atom. The van der Waals surface area contributed by atoms with Gasteiger partial charge in [0.25, 0.3) is 0 Å². The van der Waals surface area contributed by atoms with Crippen molar-refractivity contribution in [1.82, 2.24) is 5.32 Å². The van der Waals surface area contributed by atoms with Gasteiger partial charge >= 0.3 is 0 Å². The largest absolute Gasteiger partial charge is 0.492 e. The summed E-state index contributed by atoms with van der Waals surface area (Å²) in [6, 6.07) is 3.06. The molecule has 1 atom stereocenters. The van der Waals surface area contributed by atoms with Crippen molar-refractivity contribution in [2.24, 2.45) is 0 Å². The van der Waals surface area contributed by atoms with Crippen LogP contribution in [0, 0.1) is 0 Å². The number of amides is 1.